The second kappa shape index (κ2) is 9.19. The number of carbonyl (C=O) groups excluding carboxylic acids is 3. The van der Waals surface area contributed by atoms with Crippen molar-refractivity contribution in [3.8, 4) is 0 Å². The molecular formula is C16H23N3O3S. The Morgan fingerprint density at radius 3 is 2.48 bits per heavy atom. The molecule has 0 heterocycles. The van der Waals surface area contributed by atoms with E-state index in [1.807, 2.05) is 13.2 Å². The van der Waals surface area contributed by atoms with Gasteiger partial charge >= 0.3 is 0 Å². The normalized spacial score (nSPS) is 11.5. The first-order chi connectivity index (χ1) is 10.9. The molecule has 0 saturated heterocycles. The molecular weight excluding hydrogens is 314 g/mol. The summed E-state index contributed by atoms with van der Waals surface area (Å²) < 4.78 is 0. The summed E-state index contributed by atoms with van der Waals surface area (Å²) in [4.78, 5) is 35.2. The van der Waals surface area contributed by atoms with Gasteiger partial charge in [0.2, 0.25) is 11.8 Å². The van der Waals surface area contributed by atoms with Crippen LogP contribution in [0, 0.1) is 6.92 Å². The second-order valence-corrected chi connectivity index (χ2v) is 6.12. The highest BCUT2D eigenvalue weighted by atomic mass is 32.2. The number of hydrogen-bond acceptors (Lipinski definition) is 4. The van der Waals surface area contributed by atoms with Gasteiger partial charge in [0, 0.05) is 25.2 Å². The number of hydrogen-bond donors (Lipinski definition) is 3. The van der Waals surface area contributed by atoms with Crippen LogP contribution in [0.25, 0.3) is 0 Å². The Balaban J connectivity index is 2.85. The van der Waals surface area contributed by atoms with Crippen LogP contribution >= 0.6 is 11.8 Å². The Hall–Kier alpha value is -2.02. The van der Waals surface area contributed by atoms with E-state index < -0.39 is 6.04 Å². The fourth-order valence-electron chi connectivity index (χ4n) is 2.06. The minimum Gasteiger partial charge on any atom is -0.355 e. The van der Waals surface area contributed by atoms with Gasteiger partial charge in [0.15, 0.2) is 0 Å². The van der Waals surface area contributed by atoms with Crippen LogP contribution < -0.4 is 16.0 Å². The van der Waals surface area contributed by atoms with Crippen molar-refractivity contribution in [3.05, 3.63) is 29.3 Å². The Kier molecular flexibility index (Phi) is 7.61. The molecule has 0 aliphatic heterocycles. The molecule has 0 aromatic heterocycles. The molecule has 6 nitrogen and oxygen atoms in total. The molecule has 0 unspecified atom stereocenters. The second-order valence-electron chi connectivity index (χ2n) is 5.13. The van der Waals surface area contributed by atoms with Gasteiger partial charge in [-0.25, -0.2) is 0 Å². The summed E-state index contributed by atoms with van der Waals surface area (Å²) in [6.45, 7) is 3.21. The summed E-state index contributed by atoms with van der Waals surface area (Å²) in [5, 5.41) is 8.03. The van der Waals surface area contributed by atoms with Crippen LogP contribution in [0.4, 0.5) is 5.69 Å². The molecule has 1 aromatic rings. The lowest BCUT2D eigenvalue weighted by Crippen LogP contribution is -2.43. The van der Waals surface area contributed by atoms with Gasteiger partial charge in [0.25, 0.3) is 5.91 Å². The molecule has 23 heavy (non-hydrogen) atoms. The van der Waals surface area contributed by atoms with E-state index in [4.69, 9.17) is 0 Å². The van der Waals surface area contributed by atoms with Crippen molar-refractivity contribution in [2.45, 2.75) is 26.3 Å². The van der Waals surface area contributed by atoms with E-state index >= 15 is 0 Å². The van der Waals surface area contributed by atoms with Gasteiger partial charge in [-0.2, -0.15) is 11.8 Å². The zero-order valence-corrected chi connectivity index (χ0v) is 14.7. The average molecular weight is 337 g/mol. The molecule has 1 rings (SSSR count). The molecule has 3 N–H and O–H groups in total. The fourth-order valence-corrected chi connectivity index (χ4v) is 2.53. The first-order valence-electron chi connectivity index (χ1n) is 7.28. The minimum absolute atomic E-state index is 0.179. The van der Waals surface area contributed by atoms with Gasteiger partial charge < -0.3 is 16.0 Å². The molecule has 7 heteroatoms. The predicted octanol–water partition coefficient (Wildman–Crippen LogP) is 1.55. The number of anilines is 1. The summed E-state index contributed by atoms with van der Waals surface area (Å²) in [5.41, 5.74) is 1.94. The first-order valence-corrected chi connectivity index (χ1v) is 8.68. The quantitative estimate of drug-likeness (QED) is 0.704. The maximum atomic E-state index is 12.4. The van der Waals surface area contributed by atoms with Gasteiger partial charge in [-0.15, -0.1) is 0 Å². The van der Waals surface area contributed by atoms with Crippen molar-refractivity contribution in [1.29, 1.82) is 0 Å². The number of rotatable bonds is 7. The lowest BCUT2D eigenvalue weighted by atomic mass is 10.1. The number of thioether (sulfide) groups is 1. The summed E-state index contributed by atoms with van der Waals surface area (Å²) in [7, 11) is 1.57. The minimum atomic E-state index is -0.571. The predicted molar refractivity (Wildman–Crippen MR) is 93.8 cm³/mol. The monoisotopic (exact) mass is 337 g/mol. The largest absolute Gasteiger partial charge is 0.355 e. The summed E-state index contributed by atoms with van der Waals surface area (Å²) in [5.74, 6) is 0.0949. The molecule has 0 aliphatic rings. The Morgan fingerprint density at radius 2 is 1.96 bits per heavy atom. The van der Waals surface area contributed by atoms with Gasteiger partial charge in [-0.05, 0) is 49.1 Å². The van der Waals surface area contributed by atoms with E-state index in [1.54, 1.807) is 37.0 Å². The highest BCUT2D eigenvalue weighted by Gasteiger charge is 2.19. The third-order valence-electron chi connectivity index (χ3n) is 3.28. The summed E-state index contributed by atoms with van der Waals surface area (Å²) in [6, 6.07) is 4.48. The number of aryl methyl sites for hydroxylation is 1. The molecule has 0 radical (unpaired) electrons. The molecule has 3 amide bonds. The van der Waals surface area contributed by atoms with Crippen molar-refractivity contribution in [2.75, 3.05) is 24.4 Å². The van der Waals surface area contributed by atoms with Crippen LogP contribution in [0.5, 0.6) is 0 Å². The van der Waals surface area contributed by atoms with Gasteiger partial charge in [0.05, 0.1) is 0 Å². The molecule has 126 valence electrons. The third-order valence-corrected chi connectivity index (χ3v) is 3.92. The van der Waals surface area contributed by atoms with Crippen molar-refractivity contribution in [3.63, 3.8) is 0 Å². The number of carbonyl (C=O) groups is 3. The average Bonchev–Trinajstić information content (AvgIpc) is 2.52. The van der Waals surface area contributed by atoms with E-state index in [0.29, 0.717) is 17.7 Å². The van der Waals surface area contributed by atoms with E-state index in [2.05, 4.69) is 16.0 Å². The van der Waals surface area contributed by atoms with Crippen molar-refractivity contribution < 1.29 is 14.4 Å². The molecule has 0 bridgehead atoms. The molecule has 0 aliphatic carbocycles. The van der Waals surface area contributed by atoms with E-state index in [0.717, 1.165) is 11.3 Å². The van der Waals surface area contributed by atoms with E-state index in [-0.39, 0.29) is 17.7 Å². The van der Waals surface area contributed by atoms with Crippen molar-refractivity contribution >= 4 is 35.2 Å². The molecule has 1 atom stereocenters. The highest BCUT2D eigenvalue weighted by Crippen LogP contribution is 2.17. The molecule has 0 fully saturated rings. The Labute approximate surface area is 140 Å². The van der Waals surface area contributed by atoms with Crippen LogP contribution in [0.1, 0.15) is 29.3 Å². The molecule has 1 aromatic carbocycles. The first kappa shape index (κ1) is 19.0. The fraction of sp³-hybridized carbons (Fsp3) is 0.438. The van der Waals surface area contributed by atoms with Gasteiger partial charge in [0.1, 0.15) is 6.04 Å². The van der Waals surface area contributed by atoms with Crippen LogP contribution in [0.15, 0.2) is 18.2 Å². The Morgan fingerprint density at radius 1 is 1.26 bits per heavy atom. The summed E-state index contributed by atoms with van der Waals surface area (Å²) in [6.07, 6.45) is 2.51. The van der Waals surface area contributed by atoms with Crippen LogP contribution in [-0.2, 0) is 9.59 Å². The number of amides is 3. The highest BCUT2D eigenvalue weighted by molar-refractivity contribution is 7.98. The van der Waals surface area contributed by atoms with E-state index in [9.17, 15) is 14.4 Å². The van der Waals surface area contributed by atoms with E-state index in [1.165, 1.54) is 6.92 Å². The Bertz CT molecular complexity index is 590. The maximum Gasteiger partial charge on any atom is 0.251 e. The SMILES string of the molecule is CNC(=O)c1ccc(NC(=O)[C@H](CCSC)NC(C)=O)c(C)c1. The maximum absolute atomic E-state index is 12.4. The number of nitrogens with one attached hydrogen (secondary N) is 3. The van der Waals surface area contributed by atoms with Crippen LogP contribution in [0.2, 0.25) is 0 Å². The van der Waals surface area contributed by atoms with Gasteiger partial charge in [-0.1, -0.05) is 0 Å². The molecule has 0 saturated carbocycles. The van der Waals surface area contributed by atoms with Crippen molar-refractivity contribution in [1.82, 2.24) is 10.6 Å². The lowest BCUT2D eigenvalue weighted by molar-refractivity contribution is -0.125. The smallest absolute Gasteiger partial charge is 0.251 e. The number of benzene rings is 1. The van der Waals surface area contributed by atoms with Crippen LogP contribution in [-0.4, -0.2) is 42.8 Å². The van der Waals surface area contributed by atoms with Crippen molar-refractivity contribution in [2.24, 2.45) is 0 Å². The zero-order valence-electron chi connectivity index (χ0n) is 13.9. The third kappa shape index (κ3) is 5.94. The summed E-state index contributed by atoms with van der Waals surface area (Å²) >= 11 is 1.62. The van der Waals surface area contributed by atoms with Gasteiger partial charge in [-0.3, -0.25) is 14.4 Å². The topological polar surface area (TPSA) is 87.3 Å². The standard InChI is InChI=1S/C16H23N3O3S/c1-10-9-12(15(21)17-3)5-6-13(10)19-16(22)14(7-8-23-4)18-11(2)20/h5-6,9,14H,7-8H2,1-4H3,(H,17,21)(H,18,20)(H,19,22)/t14-/m0/s1. The molecule has 0 spiro atoms. The van der Waals surface area contributed by atoms with Crippen LogP contribution in [0.3, 0.4) is 0 Å². The lowest BCUT2D eigenvalue weighted by Gasteiger charge is -2.18. The zero-order chi connectivity index (χ0) is 17.4.